The van der Waals surface area contributed by atoms with Gasteiger partial charge in [0, 0.05) is 6.54 Å². The molecular formula is C25H27N3O4S. The topological polar surface area (TPSA) is 95.6 Å². The van der Waals surface area contributed by atoms with E-state index in [1.807, 2.05) is 37.3 Å². The zero-order valence-corrected chi connectivity index (χ0v) is 19.4. The first-order valence-corrected chi connectivity index (χ1v) is 12.5. The molecule has 0 aromatic heterocycles. The first-order chi connectivity index (χ1) is 15.8. The lowest BCUT2D eigenvalue weighted by atomic mass is 10.1. The Hall–Kier alpha value is -3.65. The summed E-state index contributed by atoms with van der Waals surface area (Å²) < 4.78 is 26.5. The molecule has 0 fully saturated rings. The number of amides is 2. The molecule has 0 unspecified atom stereocenters. The lowest BCUT2D eigenvalue weighted by Crippen LogP contribution is -2.31. The number of anilines is 2. The van der Waals surface area contributed by atoms with E-state index in [1.165, 1.54) is 4.31 Å². The number of rotatable bonds is 9. The van der Waals surface area contributed by atoms with Gasteiger partial charge in [0.05, 0.1) is 35.3 Å². The van der Waals surface area contributed by atoms with E-state index >= 15 is 0 Å². The molecule has 0 bridgehead atoms. The third-order valence-electron chi connectivity index (χ3n) is 4.94. The fourth-order valence-electron chi connectivity index (χ4n) is 3.33. The van der Waals surface area contributed by atoms with E-state index in [4.69, 9.17) is 0 Å². The van der Waals surface area contributed by atoms with Gasteiger partial charge in [0.25, 0.3) is 11.8 Å². The number of hydrogen-bond donors (Lipinski definition) is 2. The minimum atomic E-state index is -3.69. The van der Waals surface area contributed by atoms with Crippen molar-refractivity contribution in [3.8, 4) is 0 Å². The van der Waals surface area contributed by atoms with Crippen LogP contribution in [0.5, 0.6) is 0 Å². The standard InChI is InChI=1S/C25H27N3O4S/c1-3-17-26-24(29)20-13-7-9-15-22(20)27-25(30)21-14-8-10-16-23(21)28(33(2,31)32)18-19-11-5-4-6-12-19/h4-16H,3,17-18H2,1-2H3,(H,26,29)(H,27,30). The summed E-state index contributed by atoms with van der Waals surface area (Å²) in [5.41, 5.74) is 1.91. The fourth-order valence-corrected chi connectivity index (χ4v) is 4.23. The zero-order valence-electron chi connectivity index (χ0n) is 18.6. The van der Waals surface area contributed by atoms with Crippen molar-refractivity contribution < 1.29 is 18.0 Å². The highest BCUT2D eigenvalue weighted by Crippen LogP contribution is 2.26. The number of benzene rings is 3. The van der Waals surface area contributed by atoms with Gasteiger partial charge in [-0.25, -0.2) is 8.42 Å². The van der Waals surface area contributed by atoms with Gasteiger partial charge in [-0.1, -0.05) is 61.5 Å². The molecule has 3 aromatic rings. The fraction of sp³-hybridized carbons (Fsp3) is 0.200. The van der Waals surface area contributed by atoms with Crippen molar-refractivity contribution in [1.82, 2.24) is 5.32 Å². The molecule has 0 aliphatic rings. The second-order valence-electron chi connectivity index (χ2n) is 7.53. The van der Waals surface area contributed by atoms with Crippen LogP contribution in [0.4, 0.5) is 11.4 Å². The Kier molecular flexibility index (Phi) is 7.84. The normalized spacial score (nSPS) is 11.0. The maximum Gasteiger partial charge on any atom is 0.257 e. The Labute approximate surface area is 194 Å². The van der Waals surface area contributed by atoms with E-state index in [0.29, 0.717) is 17.8 Å². The largest absolute Gasteiger partial charge is 0.352 e. The second kappa shape index (κ2) is 10.8. The third kappa shape index (κ3) is 6.20. The Morgan fingerprint density at radius 2 is 1.42 bits per heavy atom. The summed E-state index contributed by atoms with van der Waals surface area (Å²) in [7, 11) is -3.69. The zero-order chi connectivity index (χ0) is 23.8. The molecular weight excluding hydrogens is 438 g/mol. The van der Waals surface area contributed by atoms with Crippen LogP contribution in [0, 0.1) is 0 Å². The first kappa shape index (κ1) is 24.0. The van der Waals surface area contributed by atoms with Gasteiger partial charge in [0.1, 0.15) is 0 Å². The summed E-state index contributed by atoms with van der Waals surface area (Å²) in [5.74, 6) is -0.800. The van der Waals surface area contributed by atoms with Crippen molar-refractivity contribution in [3.63, 3.8) is 0 Å². The predicted octanol–water partition coefficient (Wildman–Crippen LogP) is 4.04. The first-order valence-electron chi connectivity index (χ1n) is 10.6. The lowest BCUT2D eigenvalue weighted by molar-refractivity contribution is 0.0954. The maximum absolute atomic E-state index is 13.2. The summed E-state index contributed by atoms with van der Waals surface area (Å²) in [6.45, 7) is 2.56. The smallest absolute Gasteiger partial charge is 0.257 e. The number of nitrogens with one attached hydrogen (secondary N) is 2. The van der Waals surface area contributed by atoms with Crippen molar-refractivity contribution in [2.75, 3.05) is 22.4 Å². The van der Waals surface area contributed by atoms with Crippen molar-refractivity contribution in [2.24, 2.45) is 0 Å². The SMILES string of the molecule is CCCNC(=O)c1ccccc1NC(=O)c1ccccc1N(Cc1ccccc1)S(C)(=O)=O. The van der Waals surface area contributed by atoms with Crippen molar-refractivity contribution >= 4 is 33.2 Å². The molecule has 0 aliphatic heterocycles. The van der Waals surface area contributed by atoms with Crippen LogP contribution in [-0.2, 0) is 16.6 Å². The summed E-state index contributed by atoms with van der Waals surface area (Å²) >= 11 is 0. The van der Waals surface area contributed by atoms with E-state index in [0.717, 1.165) is 18.2 Å². The minimum Gasteiger partial charge on any atom is -0.352 e. The van der Waals surface area contributed by atoms with Gasteiger partial charge in [-0.15, -0.1) is 0 Å². The summed E-state index contributed by atoms with van der Waals surface area (Å²) in [4.78, 5) is 25.7. The Morgan fingerprint density at radius 1 is 0.818 bits per heavy atom. The highest BCUT2D eigenvalue weighted by atomic mass is 32.2. The summed E-state index contributed by atoms with van der Waals surface area (Å²) in [6.07, 6.45) is 1.90. The highest BCUT2D eigenvalue weighted by molar-refractivity contribution is 7.92. The van der Waals surface area contributed by atoms with Gasteiger partial charge >= 0.3 is 0 Å². The van der Waals surface area contributed by atoms with Crippen LogP contribution in [0.1, 0.15) is 39.6 Å². The number of carbonyl (C=O) groups is 2. The molecule has 0 aliphatic carbocycles. The quantitative estimate of drug-likeness (QED) is 0.498. The monoisotopic (exact) mass is 465 g/mol. The minimum absolute atomic E-state index is 0.0833. The average Bonchev–Trinajstić information content (AvgIpc) is 2.81. The maximum atomic E-state index is 13.2. The molecule has 0 atom stereocenters. The second-order valence-corrected chi connectivity index (χ2v) is 9.43. The van der Waals surface area contributed by atoms with Crippen LogP contribution in [0.2, 0.25) is 0 Å². The van der Waals surface area contributed by atoms with Crippen LogP contribution < -0.4 is 14.9 Å². The molecule has 7 nitrogen and oxygen atoms in total. The van der Waals surface area contributed by atoms with E-state index in [9.17, 15) is 18.0 Å². The Balaban J connectivity index is 1.94. The molecule has 0 saturated carbocycles. The Bertz CT molecular complexity index is 1230. The molecule has 172 valence electrons. The van der Waals surface area contributed by atoms with Crippen molar-refractivity contribution in [3.05, 3.63) is 95.6 Å². The molecule has 33 heavy (non-hydrogen) atoms. The number of para-hydroxylation sites is 2. The van der Waals surface area contributed by atoms with Crippen LogP contribution in [0.15, 0.2) is 78.9 Å². The van der Waals surface area contributed by atoms with Crippen LogP contribution >= 0.6 is 0 Å². The predicted molar refractivity (Wildman–Crippen MR) is 131 cm³/mol. The van der Waals surface area contributed by atoms with Gasteiger partial charge in [0.15, 0.2) is 0 Å². The molecule has 0 saturated heterocycles. The van der Waals surface area contributed by atoms with Gasteiger partial charge in [-0.2, -0.15) is 0 Å². The van der Waals surface area contributed by atoms with E-state index in [-0.39, 0.29) is 23.7 Å². The van der Waals surface area contributed by atoms with Crippen LogP contribution in [0.25, 0.3) is 0 Å². The molecule has 3 rings (SSSR count). The molecule has 8 heteroatoms. The van der Waals surface area contributed by atoms with E-state index in [1.54, 1.807) is 48.5 Å². The molecule has 0 heterocycles. The number of carbonyl (C=O) groups excluding carboxylic acids is 2. The molecule has 2 N–H and O–H groups in total. The van der Waals surface area contributed by atoms with E-state index < -0.39 is 15.9 Å². The number of sulfonamides is 1. The highest BCUT2D eigenvalue weighted by Gasteiger charge is 2.24. The van der Waals surface area contributed by atoms with Crippen molar-refractivity contribution in [2.45, 2.75) is 19.9 Å². The van der Waals surface area contributed by atoms with Crippen molar-refractivity contribution in [1.29, 1.82) is 0 Å². The van der Waals surface area contributed by atoms with Gasteiger partial charge in [-0.3, -0.25) is 13.9 Å². The van der Waals surface area contributed by atoms with Crippen LogP contribution in [-0.4, -0.2) is 33.0 Å². The van der Waals surface area contributed by atoms with Gasteiger partial charge in [0.2, 0.25) is 10.0 Å². The molecule has 3 aromatic carbocycles. The van der Waals surface area contributed by atoms with E-state index in [2.05, 4.69) is 10.6 Å². The average molecular weight is 466 g/mol. The molecule has 0 spiro atoms. The van der Waals surface area contributed by atoms with Gasteiger partial charge < -0.3 is 10.6 Å². The number of nitrogens with zero attached hydrogens (tertiary/aromatic N) is 1. The Morgan fingerprint density at radius 3 is 2.09 bits per heavy atom. The number of hydrogen-bond acceptors (Lipinski definition) is 4. The summed E-state index contributed by atoms with van der Waals surface area (Å²) in [6, 6.07) is 22.4. The summed E-state index contributed by atoms with van der Waals surface area (Å²) in [5, 5.41) is 5.57. The molecule has 2 amide bonds. The third-order valence-corrected chi connectivity index (χ3v) is 6.07. The lowest BCUT2D eigenvalue weighted by Gasteiger charge is -2.25. The van der Waals surface area contributed by atoms with Crippen LogP contribution in [0.3, 0.4) is 0 Å². The molecule has 0 radical (unpaired) electrons. The van der Waals surface area contributed by atoms with Gasteiger partial charge in [-0.05, 0) is 36.2 Å².